The predicted molar refractivity (Wildman–Crippen MR) is 128 cm³/mol. The summed E-state index contributed by atoms with van der Waals surface area (Å²) in [6.45, 7) is 4.26. The molecule has 0 unspecified atom stereocenters. The molecule has 5 rings (SSSR count). The van der Waals surface area contributed by atoms with Crippen LogP contribution in [-0.2, 0) is 0 Å². The van der Waals surface area contributed by atoms with E-state index in [4.69, 9.17) is 0 Å². The molecule has 152 valence electrons. The van der Waals surface area contributed by atoms with Gasteiger partial charge in [0, 0.05) is 31.1 Å². The average molecular weight is 431 g/mol. The van der Waals surface area contributed by atoms with E-state index in [1.165, 1.54) is 53.0 Å². The highest BCUT2D eigenvalue weighted by Gasteiger charge is 2.27. The average Bonchev–Trinajstić information content (AvgIpc) is 2.99. The first-order valence-electron chi connectivity index (χ1n) is 10.8. The van der Waals surface area contributed by atoms with Gasteiger partial charge in [0.25, 0.3) is 0 Å². The van der Waals surface area contributed by atoms with E-state index >= 15 is 0 Å². The molecule has 0 aromatic heterocycles. The molecule has 0 aliphatic heterocycles. The van der Waals surface area contributed by atoms with E-state index in [1.807, 2.05) is 11.8 Å². The van der Waals surface area contributed by atoms with Crippen LogP contribution < -0.4 is 0 Å². The molecule has 0 bridgehead atoms. The highest BCUT2D eigenvalue weighted by Crippen LogP contribution is 2.42. The topological polar surface area (TPSA) is 17.1 Å². The molecule has 0 heterocycles. The number of rotatable bonds is 4. The fourth-order valence-electron chi connectivity index (χ4n) is 4.68. The molecule has 3 aromatic rings. The van der Waals surface area contributed by atoms with Crippen molar-refractivity contribution in [3.05, 3.63) is 76.9 Å². The maximum absolute atomic E-state index is 13.2. The van der Waals surface area contributed by atoms with Crippen LogP contribution in [0.25, 0.3) is 11.1 Å². The molecule has 3 heteroatoms. The first-order chi connectivity index (χ1) is 14.6. The van der Waals surface area contributed by atoms with Crippen LogP contribution >= 0.6 is 23.5 Å². The molecule has 0 radical (unpaired) electrons. The molecule has 1 fully saturated rings. The summed E-state index contributed by atoms with van der Waals surface area (Å²) in [7, 11) is 0. The Balaban J connectivity index is 1.40. The second kappa shape index (κ2) is 8.28. The molecule has 3 aromatic carbocycles. The van der Waals surface area contributed by atoms with Gasteiger partial charge < -0.3 is 0 Å². The Morgan fingerprint density at radius 2 is 1.27 bits per heavy atom. The molecular weight excluding hydrogens is 404 g/mol. The highest BCUT2D eigenvalue weighted by atomic mass is 32.2. The Bertz CT molecular complexity index is 1110. The van der Waals surface area contributed by atoms with Crippen molar-refractivity contribution in [1.29, 1.82) is 0 Å². The van der Waals surface area contributed by atoms with Crippen LogP contribution in [0.5, 0.6) is 0 Å². The normalized spacial score (nSPS) is 15.9. The zero-order chi connectivity index (χ0) is 20.7. The standard InChI is InChI=1S/C27H26OS2/c1-17-12-18(2)14-22(13-17)30-21-9-11-24-23-10-8-20(29-19-6-4-3-5-7-19)15-25(23)27(28)26(24)16-21/h8-16,19H,3-7H2,1-2H3. The summed E-state index contributed by atoms with van der Waals surface area (Å²) in [5.41, 5.74) is 6.42. The number of benzene rings is 3. The third-order valence-electron chi connectivity index (χ3n) is 6.05. The summed E-state index contributed by atoms with van der Waals surface area (Å²) < 4.78 is 0. The lowest BCUT2D eigenvalue weighted by Gasteiger charge is -2.21. The second-order valence-corrected chi connectivity index (χ2v) is 11.1. The Hall–Kier alpha value is -1.97. The molecule has 0 saturated heterocycles. The van der Waals surface area contributed by atoms with Crippen molar-refractivity contribution in [2.45, 2.75) is 65.9 Å². The molecule has 2 aliphatic carbocycles. The maximum atomic E-state index is 13.2. The minimum atomic E-state index is 0.175. The van der Waals surface area contributed by atoms with Gasteiger partial charge >= 0.3 is 0 Å². The summed E-state index contributed by atoms with van der Waals surface area (Å²) in [6, 6.07) is 19.4. The van der Waals surface area contributed by atoms with E-state index in [-0.39, 0.29) is 5.78 Å². The van der Waals surface area contributed by atoms with Crippen LogP contribution in [0, 0.1) is 13.8 Å². The highest BCUT2D eigenvalue weighted by molar-refractivity contribution is 8.00. The first kappa shape index (κ1) is 20.0. The Morgan fingerprint density at radius 1 is 0.667 bits per heavy atom. The van der Waals surface area contributed by atoms with Crippen molar-refractivity contribution in [3.63, 3.8) is 0 Å². The van der Waals surface area contributed by atoms with Crippen LogP contribution in [-0.4, -0.2) is 11.0 Å². The zero-order valence-corrected chi connectivity index (χ0v) is 19.2. The quantitative estimate of drug-likeness (QED) is 0.326. The number of ketones is 1. The SMILES string of the molecule is Cc1cc(C)cc(Sc2ccc3c(c2)C(=O)c2cc(SC4CCCCC4)ccc2-3)c1. The van der Waals surface area contributed by atoms with Crippen molar-refractivity contribution in [2.75, 3.05) is 0 Å². The lowest BCUT2D eigenvalue weighted by Crippen LogP contribution is -2.07. The van der Waals surface area contributed by atoms with Gasteiger partial charge in [0.05, 0.1) is 0 Å². The van der Waals surface area contributed by atoms with Gasteiger partial charge in [0.1, 0.15) is 0 Å². The van der Waals surface area contributed by atoms with Gasteiger partial charge in [-0.2, -0.15) is 0 Å². The van der Waals surface area contributed by atoms with Gasteiger partial charge in [0.2, 0.25) is 0 Å². The van der Waals surface area contributed by atoms with Gasteiger partial charge in [-0.3, -0.25) is 4.79 Å². The third-order valence-corrected chi connectivity index (χ3v) is 8.34. The second-order valence-electron chi connectivity index (χ2n) is 8.55. The summed E-state index contributed by atoms with van der Waals surface area (Å²) in [6.07, 6.45) is 6.66. The smallest absolute Gasteiger partial charge is 0.194 e. The van der Waals surface area contributed by atoms with E-state index in [2.05, 4.69) is 68.4 Å². The van der Waals surface area contributed by atoms with Crippen molar-refractivity contribution >= 4 is 29.3 Å². The molecule has 1 nitrogen and oxygen atoms in total. The lowest BCUT2D eigenvalue weighted by molar-refractivity contribution is 0.104. The number of carbonyl (C=O) groups excluding carboxylic acids is 1. The monoisotopic (exact) mass is 430 g/mol. The van der Waals surface area contributed by atoms with Crippen LogP contribution in [0.3, 0.4) is 0 Å². The number of hydrogen-bond donors (Lipinski definition) is 0. The summed E-state index contributed by atoms with van der Waals surface area (Å²) in [5.74, 6) is 0.175. The van der Waals surface area contributed by atoms with Crippen molar-refractivity contribution in [3.8, 4) is 11.1 Å². The molecule has 2 aliphatic rings. The first-order valence-corrected chi connectivity index (χ1v) is 12.5. The minimum absolute atomic E-state index is 0.175. The van der Waals surface area contributed by atoms with E-state index < -0.39 is 0 Å². The van der Waals surface area contributed by atoms with Crippen molar-refractivity contribution in [1.82, 2.24) is 0 Å². The summed E-state index contributed by atoms with van der Waals surface area (Å²) >= 11 is 3.70. The molecule has 1 saturated carbocycles. The van der Waals surface area contributed by atoms with Crippen LogP contribution in [0.4, 0.5) is 0 Å². The van der Waals surface area contributed by atoms with Crippen LogP contribution in [0.15, 0.2) is 69.3 Å². The maximum Gasteiger partial charge on any atom is 0.194 e. The summed E-state index contributed by atoms with van der Waals surface area (Å²) in [5, 5.41) is 0.705. The third kappa shape index (κ3) is 3.98. The van der Waals surface area contributed by atoms with E-state index in [0.29, 0.717) is 5.25 Å². The molecular formula is C27H26OS2. The predicted octanol–water partition coefficient (Wildman–Crippen LogP) is 8.09. The zero-order valence-electron chi connectivity index (χ0n) is 17.5. The van der Waals surface area contributed by atoms with Crippen LogP contribution in [0.1, 0.15) is 59.2 Å². The number of fused-ring (bicyclic) bond motifs is 3. The molecule has 30 heavy (non-hydrogen) atoms. The van der Waals surface area contributed by atoms with E-state index in [9.17, 15) is 4.79 Å². The van der Waals surface area contributed by atoms with Gasteiger partial charge in [-0.15, -0.1) is 11.8 Å². The van der Waals surface area contributed by atoms with Gasteiger partial charge in [0.15, 0.2) is 5.78 Å². The lowest BCUT2D eigenvalue weighted by atomic mass is 10.0. The number of hydrogen-bond acceptors (Lipinski definition) is 3. The van der Waals surface area contributed by atoms with Gasteiger partial charge in [-0.25, -0.2) is 0 Å². The number of aryl methyl sites for hydroxylation is 2. The molecule has 0 amide bonds. The number of carbonyl (C=O) groups is 1. The molecule has 0 atom stereocenters. The molecule has 0 N–H and O–H groups in total. The number of thioether (sulfide) groups is 1. The van der Waals surface area contributed by atoms with E-state index in [0.717, 1.165) is 27.1 Å². The van der Waals surface area contributed by atoms with Crippen molar-refractivity contribution < 1.29 is 4.79 Å². The minimum Gasteiger partial charge on any atom is -0.289 e. The van der Waals surface area contributed by atoms with Crippen LogP contribution in [0.2, 0.25) is 0 Å². The molecule has 0 spiro atoms. The Morgan fingerprint density at radius 3 is 1.93 bits per heavy atom. The largest absolute Gasteiger partial charge is 0.289 e. The fraction of sp³-hybridized carbons (Fsp3) is 0.296. The fourth-order valence-corrected chi connectivity index (χ4v) is 7.04. The van der Waals surface area contributed by atoms with Gasteiger partial charge in [-0.1, -0.05) is 49.2 Å². The van der Waals surface area contributed by atoms with Crippen molar-refractivity contribution in [2.24, 2.45) is 0 Å². The van der Waals surface area contributed by atoms with Gasteiger partial charge in [-0.05, 0) is 85.3 Å². The Kier molecular flexibility index (Phi) is 5.51. The Labute approximate surface area is 187 Å². The van der Waals surface area contributed by atoms with E-state index in [1.54, 1.807) is 11.8 Å². The summed E-state index contributed by atoms with van der Waals surface area (Å²) in [4.78, 5) is 16.8.